The molecule has 0 amide bonds. The highest BCUT2D eigenvalue weighted by atomic mass is 35.5. The first-order valence-corrected chi connectivity index (χ1v) is 6.12. The van der Waals surface area contributed by atoms with Gasteiger partial charge in [-0.25, -0.2) is 0 Å². The fraction of sp³-hybridized carbons (Fsp3) is 0.462. The third kappa shape index (κ3) is 2.51. The van der Waals surface area contributed by atoms with Gasteiger partial charge >= 0.3 is 0 Å². The van der Waals surface area contributed by atoms with E-state index >= 15 is 0 Å². The molecule has 2 aromatic rings. The molecule has 2 atom stereocenters. The molecule has 4 nitrogen and oxygen atoms in total. The van der Waals surface area contributed by atoms with E-state index in [4.69, 9.17) is 5.73 Å². The molecule has 1 aromatic heterocycles. The largest absolute Gasteiger partial charge is 0.326 e. The molecule has 3 rings (SSSR count). The third-order valence-electron chi connectivity index (χ3n) is 3.66. The molecule has 1 saturated heterocycles. The standard InChI is InChI=1S/C13H18N4.ClH/c1-9-6-17(8-12(9)14)7-10-2-3-11-5-15-16-13(11)4-10;/h2-5,9,12H,6-8,14H2,1H3,(H,15,16);1H. The zero-order valence-electron chi connectivity index (χ0n) is 10.5. The van der Waals surface area contributed by atoms with Gasteiger partial charge in [0.25, 0.3) is 0 Å². The smallest absolute Gasteiger partial charge is 0.0653 e. The van der Waals surface area contributed by atoms with E-state index in [0.717, 1.165) is 25.2 Å². The van der Waals surface area contributed by atoms with Gasteiger partial charge in [-0.1, -0.05) is 19.1 Å². The molecule has 18 heavy (non-hydrogen) atoms. The number of benzene rings is 1. The predicted octanol–water partition coefficient (Wildman–Crippen LogP) is 1.76. The maximum atomic E-state index is 6.04. The number of likely N-dealkylation sites (tertiary alicyclic amines) is 1. The van der Waals surface area contributed by atoms with Crippen LogP contribution in [0.1, 0.15) is 12.5 Å². The highest BCUT2D eigenvalue weighted by Crippen LogP contribution is 2.19. The first-order chi connectivity index (χ1) is 8.22. The lowest BCUT2D eigenvalue weighted by Gasteiger charge is -2.15. The number of nitrogens with one attached hydrogen (secondary N) is 1. The van der Waals surface area contributed by atoms with Gasteiger partial charge < -0.3 is 5.73 Å². The molecule has 0 bridgehead atoms. The van der Waals surface area contributed by atoms with E-state index in [9.17, 15) is 0 Å². The van der Waals surface area contributed by atoms with Crippen LogP contribution in [0.15, 0.2) is 24.4 Å². The summed E-state index contributed by atoms with van der Waals surface area (Å²) in [6, 6.07) is 6.79. The van der Waals surface area contributed by atoms with Crippen molar-refractivity contribution in [2.45, 2.75) is 19.5 Å². The van der Waals surface area contributed by atoms with Gasteiger partial charge in [-0.2, -0.15) is 5.10 Å². The van der Waals surface area contributed by atoms with Gasteiger partial charge in [0.2, 0.25) is 0 Å². The Morgan fingerprint density at radius 1 is 1.44 bits per heavy atom. The number of halogens is 1. The molecule has 0 radical (unpaired) electrons. The minimum atomic E-state index is 0. The Bertz CT molecular complexity index is 514. The van der Waals surface area contributed by atoms with Crippen molar-refractivity contribution in [3.05, 3.63) is 30.0 Å². The quantitative estimate of drug-likeness (QED) is 0.871. The van der Waals surface area contributed by atoms with Crippen molar-refractivity contribution in [1.29, 1.82) is 0 Å². The average molecular weight is 267 g/mol. The van der Waals surface area contributed by atoms with Crippen LogP contribution in [0.5, 0.6) is 0 Å². The third-order valence-corrected chi connectivity index (χ3v) is 3.66. The van der Waals surface area contributed by atoms with Crippen LogP contribution in [0.25, 0.3) is 10.9 Å². The SMILES string of the molecule is CC1CN(Cc2ccc3cn[nH]c3c2)CC1N.Cl. The van der Waals surface area contributed by atoms with Crippen molar-refractivity contribution in [1.82, 2.24) is 15.1 Å². The van der Waals surface area contributed by atoms with Gasteiger partial charge in [0.05, 0.1) is 11.7 Å². The summed E-state index contributed by atoms with van der Waals surface area (Å²) in [5.74, 6) is 0.603. The van der Waals surface area contributed by atoms with Gasteiger partial charge in [-0.15, -0.1) is 12.4 Å². The van der Waals surface area contributed by atoms with Crippen LogP contribution < -0.4 is 5.73 Å². The number of nitrogens with two attached hydrogens (primary N) is 1. The Kier molecular flexibility index (Phi) is 3.90. The van der Waals surface area contributed by atoms with Crippen LogP contribution >= 0.6 is 12.4 Å². The lowest BCUT2D eigenvalue weighted by molar-refractivity contribution is 0.319. The number of H-pyrrole nitrogens is 1. The second-order valence-electron chi connectivity index (χ2n) is 5.13. The number of rotatable bonds is 2. The molecule has 2 heterocycles. The predicted molar refractivity (Wildman–Crippen MR) is 75.8 cm³/mol. The first kappa shape index (κ1) is 13.3. The molecule has 3 N–H and O–H groups in total. The summed E-state index contributed by atoms with van der Waals surface area (Å²) in [6.07, 6.45) is 1.85. The Balaban J connectivity index is 0.00000120. The summed E-state index contributed by atoms with van der Waals surface area (Å²) < 4.78 is 0. The summed E-state index contributed by atoms with van der Waals surface area (Å²) in [6.45, 7) is 5.31. The Morgan fingerprint density at radius 2 is 2.28 bits per heavy atom. The number of hydrogen-bond donors (Lipinski definition) is 2. The van der Waals surface area contributed by atoms with Gasteiger partial charge in [0, 0.05) is 31.1 Å². The van der Waals surface area contributed by atoms with E-state index in [0.29, 0.717) is 12.0 Å². The number of hydrogen-bond acceptors (Lipinski definition) is 3. The number of aromatic nitrogens is 2. The maximum absolute atomic E-state index is 6.04. The normalized spacial score (nSPS) is 24.3. The summed E-state index contributed by atoms with van der Waals surface area (Å²) in [5, 5.41) is 8.22. The average Bonchev–Trinajstić information content (AvgIpc) is 2.86. The second-order valence-corrected chi connectivity index (χ2v) is 5.13. The van der Waals surface area contributed by atoms with Crippen LogP contribution in [0, 0.1) is 5.92 Å². The molecule has 0 spiro atoms. The van der Waals surface area contributed by atoms with Crippen LogP contribution in [0.3, 0.4) is 0 Å². The molecular formula is C13H19ClN4. The molecule has 0 aliphatic carbocycles. The zero-order valence-corrected chi connectivity index (χ0v) is 11.3. The van der Waals surface area contributed by atoms with E-state index in [1.54, 1.807) is 0 Å². The number of aromatic amines is 1. The van der Waals surface area contributed by atoms with Crippen molar-refractivity contribution in [2.24, 2.45) is 11.7 Å². The molecule has 1 aliphatic heterocycles. The molecular weight excluding hydrogens is 248 g/mol. The summed E-state index contributed by atoms with van der Waals surface area (Å²) in [5.41, 5.74) is 8.47. The molecule has 0 saturated carbocycles. The summed E-state index contributed by atoms with van der Waals surface area (Å²) in [7, 11) is 0. The molecule has 98 valence electrons. The van der Waals surface area contributed by atoms with Gasteiger partial charge in [-0.05, 0) is 17.5 Å². The Labute approximate surface area is 113 Å². The molecule has 1 aliphatic rings. The van der Waals surface area contributed by atoms with Crippen LogP contribution in [0.4, 0.5) is 0 Å². The second kappa shape index (κ2) is 5.26. The van der Waals surface area contributed by atoms with E-state index in [1.807, 2.05) is 6.20 Å². The van der Waals surface area contributed by atoms with Gasteiger partial charge in [0.15, 0.2) is 0 Å². The first-order valence-electron chi connectivity index (χ1n) is 6.12. The molecule has 1 fully saturated rings. The van der Waals surface area contributed by atoms with E-state index < -0.39 is 0 Å². The van der Waals surface area contributed by atoms with Crippen LogP contribution in [0.2, 0.25) is 0 Å². The lowest BCUT2D eigenvalue weighted by Crippen LogP contribution is -2.28. The highest BCUT2D eigenvalue weighted by Gasteiger charge is 2.26. The number of nitrogens with zero attached hydrogens (tertiary/aromatic N) is 2. The number of fused-ring (bicyclic) bond motifs is 1. The fourth-order valence-electron chi connectivity index (χ4n) is 2.57. The van der Waals surface area contributed by atoms with Crippen molar-refractivity contribution < 1.29 is 0 Å². The topological polar surface area (TPSA) is 57.9 Å². The Hall–Kier alpha value is -1.10. The van der Waals surface area contributed by atoms with Crippen molar-refractivity contribution in [2.75, 3.05) is 13.1 Å². The lowest BCUT2D eigenvalue weighted by atomic mass is 10.1. The minimum Gasteiger partial charge on any atom is -0.326 e. The maximum Gasteiger partial charge on any atom is 0.0653 e. The van der Waals surface area contributed by atoms with Crippen molar-refractivity contribution in [3.8, 4) is 0 Å². The van der Waals surface area contributed by atoms with E-state index in [1.165, 1.54) is 10.9 Å². The summed E-state index contributed by atoms with van der Waals surface area (Å²) in [4.78, 5) is 2.42. The monoisotopic (exact) mass is 266 g/mol. The van der Waals surface area contributed by atoms with Crippen LogP contribution in [-0.2, 0) is 6.54 Å². The van der Waals surface area contributed by atoms with Crippen molar-refractivity contribution >= 4 is 23.3 Å². The summed E-state index contributed by atoms with van der Waals surface area (Å²) >= 11 is 0. The minimum absolute atomic E-state index is 0. The molecule has 2 unspecified atom stereocenters. The van der Waals surface area contributed by atoms with E-state index in [-0.39, 0.29) is 12.4 Å². The van der Waals surface area contributed by atoms with Crippen LogP contribution in [-0.4, -0.2) is 34.2 Å². The Morgan fingerprint density at radius 3 is 3.00 bits per heavy atom. The zero-order chi connectivity index (χ0) is 11.8. The van der Waals surface area contributed by atoms with Crippen molar-refractivity contribution in [3.63, 3.8) is 0 Å². The van der Waals surface area contributed by atoms with Gasteiger partial charge in [-0.3, -0.25) is 10.00 Å². The van der Waals surface area contributed by atoms with E-state index in [2.05, 4.69) is 40.2 Å². The fourth-order valence-corrected chi connectivity index (χ4v) is 2.57. The van der Waals surface area contributed by atoms with Gasteiger partial charge in [0.1, 0.15) is 0 Å². The highest BCUT2D eigenvalue weighted by molar-refractivity contribution is 5.85. The molecule has 1 aromatic carbocycles. The molecule has 5 heteroatoms.